The summed E-state index contributed by atoms with van der Waals surface area (Å²) in [5.74, 6) is 0. The molecule has 67 valence electrons. The molecule has 0 saturated heterocycles. The number of hydrogen-bond donors (Lipinski definition) is 0. The van der Waals surface area contributed by atoms with Crippen LogP contribution in [0.15, 0.2) is 34.8 Å². The second kappa shape index (κ2) is 3.81. The predicted octanol–water partition coefficient (Wildman–Crippen LogP) is 3.47. The van der Waals surface area contributed by atoms with E-state index in [1.807, 2.05) is 30.3 Å². The molecule has 1 nitrogen and oxygen atoms in total. The van der Waals surface area contributed by atoms with Gasteiger partial charge in [-0.25, -0.2) is 0 Å². The average Bonchev–Trinajstić information content (AvgIpc) is 2.19. The van der Waals surface area contributed by atoms with Crippen molar-refractivity contribution in [1.82, 2.24) is 0 Å². The van der Waals surface area contributed by atoms with Gasteiger partial charge in [-0.2, -0.15) is 5.26 Å². The number of fused-ring (bicyclic) bond motifs is 1. The number of rotatable bonds is 1. The van der Waals surface area contributed by atoms with Crippen LogP contribution in [0.2, 0.25) is 0 Å². The van der Waals surface area contributed by atoms with Crippen molar-refractivity contribution in [2.24, 2.45) is 0 Å². The summed E-state index contributed by atoms with van der Waals surface area (Å²) in [7, 11) is 0. The van der Waals surface area contributed by atoms with Crippen molar-refractivity contribution in [1.29, 1.82) is 5.26 Å². The van der Waals surface area contributed by atoms with Crippen LogP contribution in [0.4, 0.5) is 0 Å². The van der Waals surface area contributed by atoms with Crippen LogP contribution in [-0.2, 0) is 6.42 Å². The maximum atomic E-state index is 8.57. The van der Waals surface area contributed by atoms with Crippen LogP contribution in [0.1, 0.15) is 5.56 Å². The lowest BCUT2D eigenvalue weighted by molar-refractivity contribution is 1.27. The summed E-state index contributed by atoms with van der Waals surface area (Å²) in [4.78, 5) is 0. The fourth-order valence-corrected chi connectivity index (χ4v) is 1.77. The fourth-order valence-electron chi connectivity index (χ4n) is 1.41. The molecule has 0 fully saturated rings. The fraction of sp³-hybridized carbons (Fsp3) is 0.0833. The zero-order valence-electron chi connectivity index (χ0n) is 7.42. The molecule has 2 heteroatoms. The van der Waals surface area contributed by atoms with E-state index in [-0.39, 0.29) is 0 Å². The Bertz CT molecular complexity index is 511. The Kier molecular flexibility index (Phi) is 2.51. The lowest BCUT2D eigenvalue weighted by Crippen LogP contribution is -1.81. The largest absolute Gasteiger partial charge is 0.198 e. The van der Waals surface area contributed by atoms with Crippen LogP contribution in [0.3, 0.4) is 0 Å². The molecule has 2 aromatic rings. The first-order valence-electron chi connectivity index (χ1n) is 4.26. The third-order valence-corrected chi connectivity index (χ3v) is 2.54. The van der Waals surface area contributed by atoms with Crippen molar-refractivity contribution in [3.05, 3.63) is 46.4 Å². The summed E-state index contributed by atoms with van der Waals surface area (Å²) in [6, 6.07) is 15.2. The van der Waals surface area contributed by atoms with Gasteiger partial charge < -0.3 is 0 Å². The van der Waals surface area contributed by atoms with Crippen LogP contribution in [0.25, 0.3) is 10.8 Å². The summed E-state index contributed by atoms with van der Waals surface area (Å²) in [6.07, 6.45) is 0.464. The number of halogens is 1. The third kappa shape index (κ3) is 1.78. The molecular weight excluding hydrogens is 238 g/mol. The second-order valence-electron chi connectivity index (χ2n) is 3.08. The summed E-state index contributed by atoms with van der Waals surface area (Å²) in [5.41, 5.74) is 1.05. The molecule has 0 atom stereocenters. The van der Waals surface area contributed by atoms with Gasteiger partial charge in [-0.05, 0) is 34.5 Å². The summed E-state index contributed by atoms with van der Waals surface area (Å²) < 4.78 is 0.957. The standard InChI is InChI=1S/C12H7BrN/c13-12-4-3-10-7-9(5-6-14)1-2-11(10)8-12/h1-3,7-8H,5H2. The highest BCUT2D eigenvalue weighted by molar-refractivity contribution is 9.10. The Labute approximate surface area is 91.1 Å². The van der Waals surface area contributed by atoms with Gasteiger partial charge in [-0.15, -0.1) is 0 Å². The van der Waals surface area contributed by atoms with Crippen LogP contribution in [0, 0.1) is 17.4 Å². The molecule has 1 radical (unpaired) electrons. The Hall–Kier alpha value is -1.33. The Morgan fingerprint density at radius 2 is 2.14 bits per heavy atom. The number of nitrogens with zero attached hydrogens (tertiary/aromatic N) is 1. The van der Waals surface area contributed by atoms with Gasteiger partial charge in [0.15, 0.2) is 0 Å². The molecule has 14 heavy (non-hydrogen) atoms. The van der Waals surface area contributed by atoms with Crippen molar-refractivity contribution in [3.8, 4) is 6.07 Å². The first kappa shape index (κ1) is 9.23. The number of nitriles is 1. The van der Waals surface area contributed by atoms with Gasteiger partial charge in [0.25, 0.3) is 0 Å². The average molecular weight is 245 g/mol. The molecule has 0 bridgehead atoms. The van der Waals surface area contributed by atoms with Gasteiger partial charge in [0.1, 0.15) is 0 Å². The quantitative estimate of drug-likeness (QED) is 0.754. The van der Waals surface area contributed by atoms with E-state index < -0.39 is 0 Å². The molecule has 0 aromatic heterocycles. The van der Waals surface area contributed by atoms with E-state index in [9.17, 15) is 0 Å². The van der Waals surface area contributed by atoms with E-state index in [2.05, 4.69) is 28.1 Å². The van der Waals surface area contributed by atoms with Crippen molar-refractivity contribution in [2.45, 2.75) is 6.42 Å². The zero-order chi connectivity index (χ0) is 9.97. The first-order chi connectivity index (χ1) is 6.79. The van der Waals surface area contributed by atoms with Crippen molar-refractivity contribution in [2.75, 3.05) is 0 Å². The Balaban J connectivity index is 2.57. The minimum atomic E-state index is 0.464. The van der Waals surface area contributed by atoms with Gasteiger partial charge in [0, 0.05) is 4.47 Å². The maximum Gasteiger partial charge on any atom is 0.0669 e. The van der Waals surface area contributed by atoms with Crippen LogP contribution < -0.4 is 0 Å². The molecule has 0 aliphatic carbocycles. The summed E-state index contributed by atoms with van der Waals surface area (Å²) in [5, 5.41) is 10.9. The summed E-state index contributed by atoms with van der Waals surface area (Å²) in [6.45, 7) is 0. The highest BCUT2D eigenvalue weighted by atomic mass is 79.9. The van der Waals surface area contributed by atoms with Crippen molar-refractivity contribution in [3.63, 3.8) is 0 Å². The number of benzene rings is 2. The molecule has 0 unspecified atom stereocenters. The molecule has 0 saturated carbocycles. The van der Waals surface area contributed by atoms with E-state index in [0.717, 1.165) is 20.8 Å². The lowest BCUT2D eigenvalue weighted by Gasteiger charge is -2.00. The normalized spacial score (nSPS) is 10.0. The SMILES string of the molecule is N#CCc1ccc2cc(Br)[c]cc2c1. The monoisotopic (exact) mass is 244 g/mol. The van der Waals surface area contributed by atoms with E-state index in [1.54, 1.807) is 0 Å². The molecule has 0 amide bonds. The molecule has 0 heterocycles. The van der Waals surface area contributed by atoms with Gasteiger partial charge in [0.2, 0.25) is 0 Å². The summed E-state index contributed by atoms with van der Waals surface area (Å²) >= 11 is 3.37. The van der Waals surface area contributed by atoms with Gasteiger partial charge in [0.05, 0.1) is 12.5 Å². The molecular formula is C12H7BrN. The van der Waals surface area contributed by atoms with Gasteiger partial charge in [-0.3, -0.25) is 0 Å². The van der Waals surface area contributed by atoms with Crippen LogP contribution >= 0.6 is 15.9 Å². The predicted molar refractivity (Wildman–Crippen MR) is 59.8 cm³/mol. The molecule has 0 aliphatic heterocycles. The number of hydrogen-bond acceptors (Lipinski definition) is 1. The topological polar surface area (TPSA) is 23.8 Å². The van der Waals surface area contributed by atoms with Crippen molar-refractivity contribution >= 4 is 26.7 Å². The Morgan fingerprint density at radius 1 is 1.29 bits per heavy atom. The molecule has 2 aromatic carbocycles. The Morgan fingerprint density at radius 3 is 2.93 bits per heavy atom. The molecule has 0 aliphatic rings. The second-order valence-corrected chi connectivity index (χ2v) is 3.93. The van der Waals surface area contributed by atoms with Crippen LogP contribution in [0.5, 0.6) is 0 Å². The third-order valence-electron chi connectivity index (χ3n) is 2.08. The van der Waals surface area contributed by atoms with E-state index in [1.165, 1.54) is 0 Å². The minimum Gasteiger partial charge on any atom is -0.198 e. The van der Waals surface area contributed by atoms with E-state index in [0.29, 0.717) is 6.42 Å². The zero-order valence-corrected chi connectivity index (χ0v) is 9.01. The maximum absolute atomic E-state index is 8.57. The highest BCUT2D eigenvalue weighted by Crippen LogP contribution is 2.20. The van der Waals surface area contributed by atoms with Gasteiger partial charge in [-0.1, -0.05) is 34.1 Å². The van der Waals surface area contributed by atoms with Gasteiger partial charge >= 0.3 is 0 Å². The van der Waals surface area contributed by atoms with Crippen LogP contribution in [-0.4, -0.2) is 0 Å². The van der Waals surface area contributed by atoms with Crippen molar-refractivity contribution < 1.29 is 0 Å². The molecule has 2 rings (SSSR count). The highest BCUT2D eigenvalue weighted by Gasteiger charge is 1.97. The van der Waals surface area contributed by atoms with E-state index >= 15 is 0 Å². The minimum absolute atomic E-state index is 0.464. The lowest BCUT2D eigenvalue weighted by atomic mass is 10.1. The molecule has 0 spiro atoms. The first-order valence-corrected chi connectivity index (χ1v) is 5.06. The molecule has 0 N–H and O–H groups in total. The van der Waals surface area contributed by atoms with E-state index in [4.69, 9.17) is 5.26 Å². The smallest absolute Gasteiger partial charge is 0.0669 e.